The van der Waals surface area contributed by atoms with E-state index in [2.05, 4.69) is 9.88 Å². The molecule has 1 N–H and O–H groups in total. The first-order valence-electron chi connectivity index (χ1n) is 8.37. The maximum atomic E-state index is 11.6. The van der Waals surface area contributed by atoms with E-state index < -0.39 is 22.2 Å². The fraction of sp³-hybridized carbons (Fsp3) is 0.500. The molecule has 0 unspecified atom stereocenters. The van der Waals surface area contributed by atoms with Crippen molar-refractivity contribution >= 4 is 16.0 Å². The first-order valence-corrected chi connectivity index (χ1v) is 10.2. The van der Waals surface area contributed by atoms with Crippen molar-refractivity contribution in [3.63, 3.8) is 0 Å². The Labute approximate surface area is 165 Å². The van der Waals surface area contributed by atoms with Crippen LogP contribution in [0.5, 0.6) is 0 Å². The molecule has 0 atom stereocenters. The second kappa shape index (κ2) is 8.97. The maximum Gasteiger partial charge on any atom is 0.490 e. The molecule has 162 valence electrons. The van der Waals surface area contributed by atoms with Crippen molar-refractivity contribution in [3.05, 3.63) is 41.9 Å². The van der Waals surface area contributed by atoms with Crippen molar-refractivity contribution in [2.45, 2.75) is 32.4 Å². The lowest BCUT2D eigenvalue weighted by molar-refractivity contribution is -0.192. The Kier molecular flexibility index (Phi) is 7.08. The summed E-state index contributed by atoms with van der Waals surface area (Å²) in [5.41, 5.74) is 0.944. The van der Waals surface area contributed by atoms with Gasteiger partial charge in [-0.25, -0.2) is 18.2 Å². The van der Waals surface area contributed by atoms with Crippen molar-refractivity contribution in [2.75, 3.05) is 19.8 Å². The van der Waals surface area contributed by atoms with Crippen molar-refractivity contribution in [3.8, 4) is 0 Å². The quantitative estimate of drug-likeness (QED) is 0.754. The van der Waals surface area contributed by atoms with Gasteiger partial charge in [-0.3, -0.25) is 4.90 Å². The normalized spacial score (nSPS) is 15.0. The van der Waals surface area contributed by atoms with Gasteiger partial charge in [-0.1, -0.05) is 0 Å². The fourth-order valence-corrected chi connectivity index (χ4v) is 3.41. The summed E-state index contributed by atoms with van der Waals surface area (Å²) < 4.78 is 63.8. The van der Waals surface area contributed by atoms with E-state index in [4.69, 9.17) is 14.3 Å². The largest absolute Gasteiger partial charge is 0.490 e. The van der Waals surface area contributed by atoms with Crippen molar-refractivity contribution in [2.24, 2.45) is 0 Å². The minimum absolute atomic E-state index is 0.348. The van der Waals surface area contributed by atoms with E-state index in [1.165, 1.54) is 10.6 Å². The van der Waals surface area contributed by atoms with E-state index >= 15 is 0 Å². The molecular weight excluding hydrogens is 417 g/mol. The topological polar surface area (TPSA) is 109 Å². The number of halogens is 3. The van der Waals surface area contributed by atoms with E-state index in [9.17, 15) is 21.6 Å². The van der Waals surface area contributed by atoms with Crippen LogP contribution in [-0.2, 0) is 41.0 Å². The molecule has 29 heavy (non-hydrogen) atoms. The summed E-state index contributed by atoms with van der Waals surface area (Å²) in [6.07, 6.45) is -0.171. The van der Waals surface area contributed by atoms with E-state index in [0.29, 0.717) is 32.7 Å². The number of fused-ring (bicyclic) bond motifs is 1. The molecule has 0 bridgehead atoms. The molecule has 13 heteroatoms. The molecule has 2 aromatic rings. The smallest absolute Gasteiger partial charge is 0.475 e. The number of sulfonamides is 1. The number of carboxylic acids is 1. The number of hydrogen-bond donors (Lipinski definition) is 1. The lowest BCUT2D eigenvalue weighted by atomic mass is 10.4. The SMILES string of the molecule is CN(Cc1cn2c(n1)CN(S(C)(=O)=O)CC2)Cc1ccco1.O=C(O)C(F)(F)F. The number of aromatic nitrogens is 2. The number of imidazole rings is 1. The van der Waals surface area contributed by atoms with Gasteiger partial charge in [0, 0.05) is 25.8 Å². The fourth-order valence-electron chi connectivity index (χ4n) is 2.65. The Hall–Kier alpha value is -2.38. The number of hydrogen-bond acceptors (Lipinski definition) is 6. The van der Waals surface area contributed by atoms with Gasteiger partial charge in [0.25, 0.3) is 0 Å². The summed E-state index contributed by atoms with van der Waals surface area (Å²) in [6.45, 7) is 2.91. The minimum atomic E-state index is -5.08. The van der Waals surface area contributed by atoms with Crippen LogP contribution in [0.3, 0.4) is 0 Å². The van der Waals surface area contributed by atoms with Crippen LogP contribution in [0.4, 0.5) is 13.2 Å². The molecule has 1 aliphatic rings. The van der Waals surface area contributed by atoms with Crippen LogP contribution in [-0.4, -0.2) is 64.3 Å². The van der Waals surface area contributed by atoms with Gasteiger partial charge in [-0.15, -0.1) is 0 Å². The molecule has 0 amide bonds. The molecule has 1 aliphatic heterocycles. The standard InChI is InChI=1S/C14H20N4O3S.C2HF3O2/c1-16(10-13-4-3-7-21-13)8-12-9-17-5-6-18(22(2,19)20)11-14(17)15-12;3-2(4,5)1(6)7/h3-4,7,9H,5-6,8,10-11H2,1-2H3;(H,6,7). The lowest BCUT2D eigenvalue weighted by Crippen LogP contribution is -2.37. The minimum Gasteiger partial charge on any atom is -0.475 e. The van der Waals surface area contributed by atoms with E-state index in [1.807, 2.05) is 29.9 Å². The monoisotopic (exact) mass is 438 g/mol. The number of nitrogens with zero attached hydrogens (tertiary/aromatic N) is 4. The summed E-state index contributed by atoms with van der Waals surface area (Å²) in [4.78, 5) is 15.6. The zero-order valence-corrected chi connectivity index (χ0v) is 16.6. The Bertz CT molecular complexity index is 925. The molecule has 0 saturated heterocycles. The predicted octanol–water partition coefficient (Wildman–Crippen LogP) is 1.52. The number of rotatable bonds is 5. The summed E-state index contributed by atoms with van der Waals surface area (Å²) >= 11 is 0. The number of aliphatic carboxylic acids is 1. The number of furan rings is 1. The highest BCUT2D eigenvalue weighted by molar-refractivity contribution is 7.88. The highest BCUT2D eigenvalue weighted by atomic mass is 32.2. The Morgan fingerprint density at radius 2 is 2.00 bits per heavy atom. The number of alkyl halides is 3. The summed E-state index contributed by atoms with van der Waals surface area (Å²) in [7, 11) is -1.16. The lowest BCUT2D eigenvalue weighted by Gasteiger charge is -2.25. The molecule has 0 saturated carbocycles. The molecule has 0 spiro atoms. The van der Waals surface area contributed by atoms with Crippen molar-refractivity contribution in [1.29, 1.82) is 0 Å². The summed E-state index contributed by atoms with van der Waals surface area (Å²) in [5, 5.41) is 7.12. The van der Waals surface area contributed by atoms with Gasteiger partial charge in [0.05, 0.1) is 31.3 Å². The second-order valence-electron chi connectivity index (χ2n) is 6.49. The first-order chi connectivity index (χ1) is 13.4. The van der Waals surface area contributed by atoms with Crippen molar-refractivity contribution < 1.29 is 35.9 Å². The Morgan fingerprint density at radius 1 is 1.34 bits per heavy atom. The molecule has 9 nitrogen and oxygen atoms in total. The average Bonchev–Trinajstić information content (AvgIpc) is 3.21. The maximum absolute atomic E-state index is 11.6. The van der Waals surface area contributed by atoms with Gasteiger partial charge in [0.2, 0.25) is 10.0 Å². The third-order valence-electron chi connectivity index (χ3n) is 3.97. The Morgan fingerprint density at radius 3 is 2.52 bits per heavy atom. The molecule has 3 rings (SSSR count). The second-order valence-corrected chi connectivity index (χ2v) is 8.48. The molecule has 0 radical (unpaired) electrons. The van der Waals surface area contributed by atoms with E-state index in [0.717, 1.165) is 17.3 Å². The highest BCUT2D eigenvalue weighted by Crippen LogP contribution is 2.16. The number of carbonyl (C=O) groups is 1. The van der Waals surface area contributed by atoms with Crippen LogP contribution in [0.25, 0.3) is 0 Å². The van der Waals surface area contributed by atoms with Gasteiger partial charge in [0.15, 0.2) is 0 Å². The van der Waals surface area contributed by atoms with Gasteiger partial charge < -0.3 is 14.1 Å². The zero-order chi connectivity index (χ0) is 21.8. The van der Waals surface area contributed by atoms with Crippen LogP contribution in [0.15, 0.2) is 29.0 Å². The molecule has 0 fully saturated rings. The molecule has 0 aromatic carbocycles. The van der Waals surface area contributed by atoms with Crippen LogP contribution in [0.2, 0.25) is 0 Å². The van der Waals surface area contributed by atoms with Crippen molar-refractivity contribution in [1.82, 2.24) is 18.8 Å². The number of carboxylic acid groups (broad SMARTS) is 1. The van der Waals surface area contributed by atoms with Gasteiger partial charge in [-0.05, 0) is 19.2 Å². The summed E-state index contributed by atoms with van der Waals surface area (Å²) in [5.74, 6) is -1.04. The summed E-state index contributed by atoms with van der Waals surface area (Å²) in [6, 6.07) is 3.82. The highest BCUT2D eigenvalue weighted by Gasteiger charge is 2.38. The van der Waals surface area contributed by atoms with Crippen LogP contribution < -0.4 is 0 Å². The van der Waals surface area contributed by atoms with E-state index in [1.54, 1.807) is 6.26 Å². The molecule has 3 heterocycles. The third-order valence-corrected chi connectivity index (χ3v) is 5.22. The van der Waals surface area contributed by atoms with Crippen LogP contribution in [0.1, 0.15) is 17.3 Å². The van der Waals surface area contributed by atoms with Gasteiger partial charge in [-0.2, -0.15) is 17.5 Å². The van der Waals surface area contributed by atoms with Gasteiger partial charge in [0.1, 0.15) is 11.6 Å². The van der Waals surface area contributed by atoms with Crippen LogP contribution >= 0.6 is 0 Å². The predicted molar refractivity (Wildman–Crippen MR) is 95.1 cm³/mol. The Balaban J connectivity index is 0.000000370. The zero-order valence-electron chi connectivity index (χ0n) is 15.8. The van der Waals surface area contributed by atoms with E-state index in [-0.39, 0.29) is 0 Å². The first kappa shape index (κ1) is 22.9. The third kappa shape index (κ3) is 6.87. The van der Waals surface area contributed by atoms with Crippen LogP contribution in [0, 0.1) is 0 Å². The van der Waals surface area contributed by atoms with Gasteiger partial charge >= 0.3 is 12.1 Å². The average molecular weight is 438 g/mol. The molecule has 2 aromatic heterocycles. The molecular formula is C16H21F3N4O5S. The molecule has 0 aliphatic carbocycles.